The molecule has 0 spiro atoms. The molecule has 0 aliphatic heterocycles. The van der Waals surface area contributed by atoms with Gasteiger partial charge in [-0.1, -0.05) is 48.9 Å². The lowest BCUT2D eigenvalue weighted by Crippen LogP contribution is -2.49. The van der Waals surface area contributed by atoms with Gasteiger partial charge in [0.25, 0.3) is 0 Å². The summed E-state index contributed by atoms with van der Waals surface area (Å²) in [6, 6.07) is 13.3. The van der Waals surface area contributed by atoms with Crippen LogP contribution in [0.2, 0.25) is 5.02 Å². The summed E-state index contributed by atoms with van der Waals surface area (Å²) in [6.07, 6.45) is 2.20. The van der Waals surface area contributed by atoms with E-state index in [-0.39, 0.29) is 43.8 Å². The zero-order valence-electron chi connectivity index (χ0n) is 22.2. The predicted octanol–water partition coefficient (Wildman–Crippen LogP) is 4.62. The van der Waals surface area contributed by atoms with E-state index in [4.69, 9.17) is 16.3 Å². The number of ether oxygens (including phenoxy) is 1. The van der Waals surface area contributed by atoms with E-state index in [1.807, 2.05) is 32.9 Å². The van der Waals surface area contributed by atoms with Crippen LogP contribution in [0, 0.1) is 0 Å². The molecule has 0 aromatic heterocycles. The first-order valence-corrected chi connectivity index (χ1v) is 14.7. The van der Waals surface area contributed by atoms with Crippen molar-refractivity contribution in [1.29, 1.82) is 0 Å². The summed E-state index contributed by atoms with van der Waals surface area (Å²) in [5, 5.41) is 3.44. The average Bonchev–Trinajstić information content (AvgIpc) is 2.85. The molecular weight excluding hydrogens is 514 g/mol. The number of para-hydroxylation sites is 2. The van der Waals surface area contributed by atoms with E-state index in [1.54, 1.807) is 43.3 Å². The molecule has 0 saturated heterocycles. The molecule has 37 heavy (non-hydrogen) atoms. The van der Waals surface area contributed by atoms with Crippen LogP contribution in [0.25, 0.3) is 0 Å². The highest BCUT2D eigenvalue weighted by molar-refractivity contribution is 7.92. The lowest BCUT2D eigenvalue weighted by molar-refractivity contribution is -0.140. The fourth-order valence-electron chi connectivity index (χ4n) is 3.78. The molecule has 10 heteroatoms. The van der Waals surface area contributed by atoms with Gasteiger partial charge in [-0.05, 0) is 57.4 Å². The number of benzene rings is 2. The number of carbonyl (C=O) groups excluding carboxylic acids is 2. The van der Waals surface area contributed by atoms with Crippen LogP contribution >= 0.6 is 11.6 Å². The standard InChI is InChI=1S/C27H38ClN3O5S/c1-6-20(3)29-27(33)21(4)30(19-22-13-8-9-14-23(22)28)26(32)17-12-18-31(37(5,34)35)24-15-10-11-16-25(24)36-7-2/h8-11,13-16,20-21H,6-7,12,17-19H2,1-5H3,(H,29,33)/t20-,21-/m0/s1. The maximum atomic E-state index is 13.4. The molecule has 0 saturated carbocycles. The Labute approximate surface area is 226 Å². The maximum absolute atomic E-state index is 13.4. The fourth-order valence-corrected chi connectivity index (χ4v) is 4.95. The van der Waals surface area contributed by atoms with Gasteiger partial charge in [0.2, 0.25) is 21.8 Å². The molecule has 0 heterocycles. The number of nitrogens with one attached hydrogen (secondary N) is 1. The first kappa shape index (κ1) is 30.4. The molecule has 0 fully saturated rings. The molecule has 2 rings (SSSR count). The first-order valence-electron chi connectivity index (χ1n) is 12.5. The molecule has 2 amide bonds. The number of halogens is 1. The van der Waals surface area contributed by atoms with Crippen LogP contribution in [0.3, 0.4) is 0 Å². The lowest BCUT2D eigenvalue weighted by atomic mass is 10.1. The minimum Gasteiger partial charge on any atom is -0.492 e. The number of amides is 2. The van der Waals surface area contributed by atoms with Crippen molar-refractivity contribution in [3.05, 3.63) is 59.1 Å². The number of anilines is 1. The quantitative estimate of drug-likeness (QED) is 0.370. The van der Waals surface area contributed by atoms with E-state index in [2.05, 4.69) is 5.32 Å². The predicted molar refractivity (Wildman–Crippen MR) is 148 cm³/mol. The van der Waals surface area contributed by atoms with Crippen molar-refractivity contribution in [2.24, 2.45) is 0 Å². The molecule has 0 unspecified atom stereocenters. The van der Waals surface area contributed by atoms with Gasteiger partial charge in [0, 0.05) is 30.6 Å². The molecule has 0 radical (unpaired) electrons. The van der Waals surface area contributed by atoms with Gasteiger partial charge in [-0.15, -0.1) is 0 Å². The highest BCUT2D eigenvalue weighted by atomic mass is 35.5. The summed E-state index contributed by atoms with van der Waals surface area (Å²) >= 11 is 6.34. The second-order valence-electron chi connectivity index (χ2n) is 8.95. The van der Waals surface area contributed by atoms with Crippen LogP contribution < -0.4 is 14.4 Å². The Morgan fingerprint density at radius 1 is 1.05 bits per heavy atom. The summed E-state index contributed by atoms with van der Waals surface area (Å²) in [4.78, 5) is 27.8. The Balaban J connectivity index is 2.22. The van der Waals surface area contributed by atoms with Crippen molar-refractivity contribution in [3.63, 3.8) is 0 Å². The third-order valence-corrected chi connectivity index (χ3v) is 7.60. The van der Waals surface area contributed by atoms with Crippen LogP contribution in [-0.2, 0) is 26.2 Å². The van der Waals surface area contributed by atoms with Crippen molar-refractivity contribution in [3.8, 4) is 5.75 Å². The van der Waals surface area contributed by atoms with Crippen molar-refractivity contribution in [2.45, 2.75) is 65.6 Å². The number of hydrogen-bond acceptors (Lipinski definition) is 5. The van der Waals surface area contributed by atoms with Gasteiger partial charge in [0.05, 0.1) is 18.6 Å². The van der Waals surface area contributed by atoms with Gasteiger partial charge < -0.3 is 15.0 Å². The largest absolute Gasteiger partial charge is 0.492 e. The Hall–Kier alpha value is -2.78. The van der Waals surface area contributed by atoms with E-state index >= 15 is 0 Å². The SMILES string of the molecule is CCOc1ccccc1N(CCCC(=O)N(Cc1ccccc1Cl)[C@@H](C)C(=O)N[C@@H](C)CC)S(C)(=O)=O. The van der Waals surface area contributed by atoms with Crippen molar-refractivity contribution < 1.29 is 22.7 Å². The second kappa shape index (κ2) is 14.2. The van der Waals surface area contributed by atoms with E-state index in [9.17, 15) is 18.0 Å². The molecule has 8 nitrogen and oxygen atoms in total. The minimum atomic E-state index is -3.63. The van der Waals surface area contributed by atoms with Crippen LogP contribution in [0.5, 0.6) is 5.75 Å². The fraction of sp³-hybridized carbons (Fsp3) is 0.481. The Morgan fingerprint density at radius 2 is 1.70 bits per heavy atom. The molecule has 2 atom stereocenters. The van der Waals surface area contributed by atoms with Crippen LogP contribution in [0.4, 0.5) is 5.69 Å². The van der Waals surface area contributed by atoms with E-state index in [0.29, 0.717) is 23.1 Å². The van der Waals surface area contributed by atoms with Crippen LogP contribution in [0.1, 0.15) is 52.5 Å². The summed E-state index contributed by atoms with van der Waals surface area (Å²) < 4.78 is 32.1. The van der Waals surface area contributed by atoms with Gasteiger partial charge in [-0.3, -0.25) is 13.9 Å². The monoisotopic (exact) mass is 551 g/mol. The highest BCUT2D eigenvalue weighted by Gasteiger charge is 2.28. The molecular formula is C27H38ClN3O5S. The molecule has 0 aliphatic carbocycles. The highest BCUT2D eigenvalue weighted by Crippen LogP contribution is 2.30. The zero-order valence-corrected chi connectivity index (χ0v) is 23.8. The normalized spacial score (nSPS) is 12.9. The van der Waals surface area contributed by atoms with Gasteiger partial charge >= 0.3 is 0 Å². The van der Waals surface area contributed by atoms with E-state index < -0.39 is 16.1 Å². The summed E-state index contributed by atoms with van der Waals surface area (Å²) in [5.41, 5.74) is 1.15. The van der Waals surface area contributed by atoms with Gasteiger partial charge in [0.15, 0.2) is 0 Å². The van der Waals surface area contributed by atoms with Crippen LogP contribution in [-0.4, -0.2) is 56.6 Å². The van der Waals surface area contributed by atoms with Crippen molar-refractivity contribution >= 4 is 39.1 Å². The Bertz CT molecular complexity index is 1160. The topological polar surface area (TPSA) is 96.0 Å². The number of hydrogen-bond donors (Lipinski definition) is 1. The van der Waals surface area contributed by atoms with E-state index in [0.717, 1.165) is 18.2 Å². The van der Waals surface area contributed by atoms with Gasteiger partial charge in [-0.25, -0.2) is 8.42 Å². The number of carbonyl (C=O) groups is 2. The summed E-state index contributed by atoms with van der Waals surface area (Å²) in [5.74, 6) is -0.0612. The minimum absolute atomic E-state index is 0.0269. The van der Waals surface area contributed by atoms with Gasteiger partial charge in [-0.2, -0.15) is 0 Å². The summed E-state index contributed by atoms with van der Waals surface area (Å²) in [7, 11) is -3.63. The van der Waals surface area contributed by atoms with Crippen LogP contribution in [0.15, 0.2) is 48.5 Å². The third-order valence-electron chi connectivity index (χ3n) is 6.05. The number of nitrogens with zero attached hydrogens (tertiary/aromatic N) is 2. The van der Waals surface area contributed by atoms with E-state index in [1.165, 1.54) is 9.21 Å². The smallest absolute Gasteiger partial charge is 0.242 e. The Morgan fingerprint density at radius 3 is 2.32 bits per heavy atom. The number of sulfonamides is 1. The zero-order chi connectivity index (χ0) is 27.6. The maximum Gasteiger partial charge on any atom is 0.242 e. The molecule has 0 aliphatic rings. The second-order valence-corrected chi connectivity index (χ2v) is 11.3. The first-order chi connectivity index (χ1) is 17.5. The average molecular weight is 552 g/mol. The molecule has 2 aromatic carbocycles. The van der Waals surface area contributed by atoms with Crippen molar-refractivity contribution in [1.82, 2.24) is 10.2 Å². The molecule has 1 N–H and O–H groups in total. The molecule has 0 bridgehead atoms. The lowest BCUT2D eigenvalue weighted by Gasteiger charge is -2.30. The van der Waals surface area contributed by atoms with Gasteiger partial charge in [0.1, 0.15) is 11.8 Å². The molecule has 204 valence electrons. The third kappa shape index (κ3) is 8.93. The Kier molecular flexibility index (Phi) is 11.7. The van der Waals surface area contributed by atoms with Crippen molar-refractivity contribution in [2.75, 3.05) is 23.7 Å². The number of rotatable bonds is 14. The molecule has 2 aromatic rings. The summed E-state index contributed by atoms with van der Waals surface area (Å²) in [6.45, 7) is 8.03.